The van der Waals surface area contributed by atoms with Crippen LogP contribution in [0.15, 0.2) is 84.7 Å². The number of hydrogen-bond acceptors (Lipinski definition) is 3. The van der Waals surface area contributed by atoms with E-state index >= 15 is 0 Å². The maximum atomic E-state index is 14.7. The number of ketones is 1. The number of amides is 1. The lowest BCUT2D eigenvalue weighted by molar-refractivity contribution is -0.378. The lowest BCUT2D eigenvalue weighted by Gasteiger charge is -2.27. The number of Topliss-reactive ketones (excluding diaryl/α,β-unsaturated/α-hetero) is 1. The molecule has 29 heavy (non-hydrogen) atoms. The van der Waals surface area contributed by atoms with Gasteiger partial charge in [-0.2, -0.15) is 0 Å². The van der Waals surface area contributed by atoms with Crippen molar-refractivity contribution >= 4 is 17.4 Å². The average Bonchev–Trinajstić information content (AvgIpc) is 3.00. The lowest BCUT2D eigenvalue weighted by atomic mass is 9.95. The Hall–Kier alpha value is -3.80. The third-order valence-corrected chi connectivity index (χ3v) is 4.89. The van der Waals surface area contributed by atoms with Crippen LogP contribution in [-0.2, 0) is 16.1 Å². The summed E-state index contributed by atoms with van der Waals surface area (Å²) in [6, 6.07) is 16.6. The van der Waals surface area contributed by atoms with E-state index in [0.717, 1.165) is 5.56 Å². The highest BCUT2D eigenvalue weighted by atomic mass is 19.1. The normalized spacial score (nSPS) is 18.2. The van der Waals surface area contributed by atoms with E-state index in [0.29, 0.717) is 0 Å². The van der Waals surface area contributed by atoms with Gasteiger partial charge in [-0.3, -0.25) is 9.59 Å². The highest BCUT2D eigenvalue weighted by Gasteiger charge is 2.45. The molecule has 1 amide bonds. The van der Waals surface area contributed by atoms with Gasteiger partial charge in [0.25, 0.3) is 5.91 Å². The molecule has 1 unspecified atom stereocenters. The summed E-state index contributed by atoms with van der Waals surface area (Å²) < 4.78 is 14.7. The number of nitrogens with zero attached hydrogens (tertiary/aromatic N) is 1. The van der Waals surface area contributed by atoms with Crippen molar-refractivity contribution in [2.45, 2.75) is 12.6 Å². The van der Waals surface area contributed by atoms with Crippen LogP contribution in [0.2, 0.25) is 0 Å². The molecule has 0 aliphatic carbocycles. The molecule has 2 aromatic carbocycles. The van der Waals surface area contributed by atoms with Gasteiger partial charge >= 0.3 is 0 Å². The first-order valence-corrected chi connectivity index (χ1v) is 9.09. The zero-order valence-corrected chi connectivity index (χ0v) is 15.3. The van der Waals surface area contributed by atoms with E-state index in [1.54, 1.807) is 60.9 Å². The van der Waals surface area contributed by atoms with E-state index in [4.69, 9.17) is 0 Å². The zero-order chi connectivity index (χ0) is 20.4. The van der Waals surface area contributed by atoms with Crippen LogP contribution in [0.5, 0.6) is 0 Å². The van der Waals surface area contributed by atoms with E-state index in [-0.39, 0.29) is 23.2 Å². The summed E-state index contributed by atoms with van der Waals surface area (Å²) in [4.78, 5) is 29.8. The molecule has 2 heterocycles. The van der Waals surface area contributed by atoms with Crippen LogP contribution in [0.1, 0.15) is 22.7 Å². The summed E-state index contributed by atoms with van der Waals surface area (Å²) in [6.45, 7) is 0.0620. The van der Waals surface area contributed by atoms with Gasteiger partial charge in [-0.15, -0.1) is 0 Å². The number of rotatable bonds is 4. The van der Waals surface area contributed by atoms with Gasteiger partial charge in [0.05, 0.1) is 12.6 Å². The van der Waals surface area contributed by atoms with Crippen molar-refractivity contribution in [3.63, 3.8) is 0 Å². The minimum Gasteiger partial charge on any atom is -0.872 e. The number of benzene rings is 2. The third-order valence-electron chi connectivity index (χ3n) is 4.89. The van der Waals surface area contributed by atoms with Crippen LogP contribution in [-0.4, -0.2) is 16.6 Å². The highest BCUT2D eigenvalue weighted by Crippen LogP contribution is 2.40. The topological polar surface area (TPSA) is 74.6 Å². The molecule has 144 valence electrons. The molecule has 0 spiro atoms. The number of aromatic nitrogens is 1. The van der Waals surface area contributed by atoms with Crippen molar-refractivity contribution in [1.82, 2.24) is 4.90 Å². The molecule has 1 aliphatic heterocycles. The smallest absolute Gasteiger partial charge is 0.295 e. The van der Waals surface area contributed by atoms with Gasteiger partial charge in [0, 0.05) is 22.8 Å². The van der Waals surface area contributed by atoms with Crippen LogP contribution in [0.25, 0.3) is 5.76 Å². The molecule has 4 rings (SSSR count). The molecule has 1 saturated heterocycles. The summed E-state index contributed by atoms with van der Waals surface area (Å²) >= 11 is 0. The second-order valence-corrected chi connectivity index (χ2v) is 6.71. The first-order chi connectivity index (χ1) is 14.1. The Morgan fingerprint density at radius 2 is 1.72 bits per heavy atom. The van der Waals surface area contributed by atoms with Crippen molar-refractivity contribution in [2.24, 2.45) is 0 Å². The van der Waals surface area contributed by atoms with Crippen LogP contribution in [0.4, 0.5) is 4.39 Å². The number of nitrogens with one attached hydrogen (secondary N) is 1. The quantitative estimate of drug-likeness (QED) is 0.390. The van der Waals surface area contributed by atoms with Gasteiger partial charge in [0.1, 0.15) is 5.82 Å². The Kier molecular flexibility index (Phi) is 4.91. The summed E-state index contributed by atoms with van der Waals surface area (Å²) in [5.41, 5.74) is 0.889. The number of H-pyrrole nitrogens is 1. The molecule has 6 heteroatoms. The molecule has 0 saturated carbocycles. The van der Waals surface area contributed by atoms with Gasteiger partial charge in [0.15, 0.2) is 12.4 Å². The summed E-state index contributed by atoms with van der Waals surface area (Å²) in [7, 11) is 0. The maximum Gasteiger partial charge on any atom is 0.295 e. The molecule has 1 atom stereocenters. The highest BCUT2D eigenvalue weighted by molar-refractivity contribution is 6.46. The second-order valence-electron chi connectivity index (χ2n) is 6.71. The Morgan fingerprint density at radius 3 is 2.41 bits per heavy atom. The van der Waals surface area contributed by atoms with Crippen molar-refractivity contribution in [1.29, 1.82) is 0 Å². The van der Waals surface area contributed by atoms with Crippen molar-refractivity contribution in [3.8, 4) is 0 Å². The molecule has 0 bridgehead atoms. The Labute approximate surface area is 166 Å². The molecule has 1 N–H and O–H groups in total. The number of carbonyl (C=O) groups is 2. The molecule has 1 aromatic heterocycles. The fourth-order valence-corrected chi connectivity index (χ4v) is 3.52. The third kappa shape index (κ3) is 3.40. The summed E-state index contributed by atoms with van der Waals surface area (Å²) in [6.07, 6.45) is 3.40. The SMILES string of the molecule is O=C1C(=O)N(Cc2ccc[nH+]c2)C(c2ccccc2F)C1=C([O-])c1ccccc1. The molecule has 3 aromatic rings. The van der Waals surface area contributed by atoms with Crippen molar-refractivity contribution < 1.29 is 24.1 Å². The van der Waals surface area contributed by atoms with Crippen molar-refractivity contribution in [2.75, 3.05) is 0 Å². The summed E-state index contributed by atoms with van der Waals surface area (Å²) in [5.74, 6) is -2.87. The van der Waals surface area contributed by atoms with Crippen molar-refractivity contribution in [3.05, 3.63) is 107 Å². The van der Waals surface area contributed by atoms with Gasteiger partial charge in [0.2, 0.25) is 5.78 Å². The molecule has 5 nitrogen and oxygen atoms in total. The van der Waals surface area contributed by atoms with Crippen LogP contribution >= 0.6 is 0 Å². The first-order valence-electron chi connectivity index (χ1n) is 9.09. The summed E-state index contributed by atoms with van der Waals surface area (Å²) in [5, 5.41) is 13.1. The van der Waals surface area contributed by atoms with E-state index in [2.05, 4.69) is 4.98 Å². The Balaban J connectivity index is 1.89. The second kappa shape index (κ2) is 7.67. The standard InChI is InChI=1S/C23H17FN2O3/c24-18-11-5-4-10-17(18)20-19(21(27)16-8-2-1-3-9-16)22(28)23(29)26(20)14-15-7-6-12-25-13-15/h1-13,20,27H,14H2. The van der Waals surface area contributed by atoms with E-state index in [1.807, 2.05) is 0 Å². The van der Waals surface area contributed by atoms with Gasteiger partial charge in [-0.25, -0.2) is 9.37 Å². The van der Waals surface area contributed by atoms with E-state index in [1.165, 1.54) is 23.1 Å². The molecule has 1 aliphatic rings. The average molecular weight is 388 g/mol. The number of pyridine rings is 1. The Morgan fingerprint density at radius 1 is 1.00 bits per heavy atom. The number of hydrogen-bond donors (Lipinski definition) is 0. The largest absolute Gasteiger partial charge is 0.872 e. The van der Waals surface area contributed by atoms with Gasteiger partial charge in [-0.1, -0.05) is 54.3 Å². The van der Waals surface area contributed by atoms with E-state index < -0.39 is 29.3 Å². The Bertz CT molecular complexity index is 1100. The number of halogens is 1. The van der Waals surface area contributed by atoms with Crippen LogP contribution < -0.4 is 10.1 Å². The predicted molar refractivity (Wildman–Crippen MR) is 101 cm³/mol. The fourth-order valence-electron chi connectivity index (χ4n) is 3.52. The zero-order valence-electron chi connectivity index (χ0n) is 15.3. The van der Waals surface area contributed by atoms with Gasteiger partial charge in [-0.05, 0) is 17.7 Å². The number of carbonyl (C=O) groups excluding carboxylic acids is 2. The minimum atomic E-state index is -1.09. The molecular weight excluding hydrogens is 371 g/mol. The monoisotopic (exact) mass is 388 g/mol. The first kappa shape index (κ1) is 18.6. The molecule has 1 fully saturated rings. The predicted octanol–water partition coefficient (Wildman–Crippen LogP) is 2.06. The molecular formula is C23H17FN2O3. The van der Waals surface area contributed by atoms with Crippen LogP contribution in [0.3, 0.4) is 0 Å². The van der Waals surface area contributed by atoms with E-state index in [9.17, 15) is 19.1 Å². The van der Waals surface area contributed by atoms with Gasteiger partial charge < -0.3 is 10.0 Å². The number of aromatic amines is 1. The lowest BCUT2D eigenvalue weighted by Crippen LogP contribution is -2.30. The molecule has 0 radical (unpaired) electrons. The maximum absolute atomic E-state index is 14.7. The number of likely N-dealkylation sites (tertiary alicyclic amines) is 1. The fraction of sp³-hybridized carbons (Fsp3) is 0.0870. The minimum absolute atomic E-state index is 0.0620. The van der Waals surface area contributed by atoms with Crippen LogP contribution in [0, 0.1) is 5.82 Å².